The average Bonchev–Trinajstić information content (AvgIpc) is 3.20. The Hall–Kier alpha value is -2.41. The van der Waals surface area contributed by atoms with Crippen LogP contribution in [0.5, 0.6) is 0 Å². The summed E-state index contributed by atoms with van der Waals surface area (Å²) >= 11 is 0. The van der Waals surface area contributed by atoms with Crippen molar-refractivity contribution in [1.29, 1.82) is 0 Å². The Morgan fingerprint density at radius 2 is 2.12 bits per heavy atom. The molecule has 2 N–H and O–H groups in total. The van der Waals surface area contributed by atoms with Crippen LogP contribution in [0.2, 0.25) is 0 Å². The van der Waals surface area contributed by atoms with Gasteiger partial charge in [-0.05, 0) is 36.8 Å². The molecule has 0 saturated heterocycles. The van der Waals surface area contributed by atoms with E-state index in [0.717, 1.165) is 38.1 Å². The lowest BCUT2D eigenvalue weighted by Crippen LogP contribution is -2.41. The van der Waals surface area contributed by atoms with E-state index in [9.17, 15) is 4.79 Å². The van der Waals surface area contributed by atoms with E-state index in [-0.39, 0.29) is 18.1 Å². The summed E-state index contributed by atoms with van der Waals surface area (Å²) in [5.74, 6) is 1.48. The molecule has 0 fully saturated rings. The van der Waals surface area contributed by atoms with Crippen molar-refractivity contribution in [2.45, 2.75) is 50.9 Å². The molecule has 0 bridgehead atoms. The molecule has 0 spiro atoms. The number of urea groups is 1. The van der Waals surface area contributed by atoms with Gasteiger partial charge in [-0.1, -0.05) is 24.3 Å². The standard InChI is InChI=1S/C18H23N5O2/c1-25-11-16-21-17-15(7-4-10-23(17)22-16)20-18(24)19-14-9-8-12-5-2-3-6-13(12)14/h2-3,5-6,14-15H,4,7-11H2,1H3,(H2,19,20,24)/t14-,15-/m1/s1. The Morgan fingerprint density at radius 1 is 1.28 bits per heavy atom. The minimum atomic E-state index is -0.142. The van der Waals surface area contributed by atoms with Crippen molar-refractivity contribution in [1.82, 2.24) is 25.4 Å². The number of rotatable bonds is 4. The highest BCUT2D eigenvalue weighted by atomic mass is 16.5. The second-order valence-corrected chi connectivity index (χ2v) is 6.65. The molecule has 7 heteroatoms. The van der Waals surface area contributed by atoms with Gasteiger partial charge in [0.05, 0.1) is 12.1 Å². The third kappa shape index (κ3) is 3.24. The minimum absolute atomic E-state index is 0.0849. The summed E-state index contributed by atoms with van der Waals surface area (Å²) in [6.45, 7) is 1.22. The number of amides is 2. The van der Waals surface area contributed by atoms with E-state index >= 15 is 0 Å². The third-order valence-electron chi connectivity index (χ3n) is 4.94. The molecule has 132 valence electrons. The first-order valence-corrected chi connectivity index (χ1v) is 8.82. The number of carbonyl (C=O) groups excluding carboxylic acids is 1. The van der Waals surface area contributed by atoms with Gasteiger partial charge in [-0.15, -0.1) is 0 Å². The van der Waals surface area contributed by atoms with Crippen LogP contribution < -0.4 is 10.6 Å². The van der Waals surface area contributed by atoms with Crippen molar-refractivity contribution in [2.75, 3.05) is 7.11 Å². The number of hydrogen-bond acceptors (Lipinski definition) is 4. The molecule has 25 heavy (non-hydrogen) atoms. The predicted molar refractivity (Wildman–Crippen MR) is 91.9 cm³/mol. The number of ether oxygens (including phenoxy) is 1. The van der Waals surface area contributed by atoms with Crippen LogP contribution in [0.25, 0.3) is 0 Å². The first kappa shape index (κ1) is 16.1. The Morgan fingerprint density at radius 3 is 3.00 bits per heavy atom. The summed E-state index contributed by atoms with van der Waals surface area (Å²) in [6.07, 6.45) is 3.81. The summed E-state index contributed by atoms with van der Waals surface area (Å²) in [5, 5.41) is 10.6. The van der Waals surface area contributed by atoms with Crippen LogP contribution >= 0.6 is 0 Å². The van der Waals surface area contributed by atoms with Crippen molar-refractivity contribution in [3.05, 3.63) is 47.0 Å². The summed E-state index contributed by atoms with van der Waals surface area (Å²) in [6, 6.07) is 8.14. The van der Waals surface area contributed by atoms with Gasteiger partial charge in [0.25, 0.3) is 0 Å². The highest BCUT2D eigenvalue weighted by Crippen LogP contribution is 2.31. The number of carbonyl (C=O) groups is 1. The van der Waals surface area contributed by atoms with Crippen molar-refractivity contribution >= 4 is 6.03 Å². The van der Waals surface area contributed by atoms with Crippen LogP contribution in [0.15, 0.2) is 24.3 Å². The van der Waals surface area contributed by atoms with Gasteiger partial charge in [0.15, 0.2) is 5.82 Å². The summed E-state index contributed by atoms with van der Waals surface area (Å²) in [5.41, 5.74) is 2.56. The van der Waals surface area contributed by atoms with Crippen molar-refractivity contribution < 1.29 is 9.53 Å². The molecule has 2 heterocycles. The third-order valence-corrected chi connectivity index (χ3v) is 4.94. The largest absolute Gasteiger partial charge is 0.377 e. The van der Waals surface area contributed by atoms with Crippen LogP contribution in [0.4, 0.5) is 4.79 Å². The molecule has 1 aromatic carbocycles. The first-order valence-electron chi connectivity index (χ1n) is 8.82. The van der Waals surface area contributed by atoms with Crippen LogP contribution in [0.1, 0.15) is 54.1 Å². The average molecular weight is 341 g/mol. The maximum Gasteiger partial charge on any atom is 0.315 e. The summed E-state index contributed by atoms with van der Waals surface area (Å²) in [7, 11) is 1.63. The van der Waals surface area contributed by atoms with E-state index < -0.39 is 0 Å². The zero-order chi connectivity index (χ0) is 17.2. The number of nitrogens with one attached hydrogen (secondary N) is 2. The SMILES string of the molecule is COCc1nc2n(n1)CCC[C@H]2NC(=O)N[C@@H]1CCc2ccccc21. The highest BCUT2D eigenvalue weighted by Gasteiger charge is 2.28. The molecule has 1 aliphatic heterocycles. The molecule has 0 saturated carbocycles. The van der Waals surface area contributed by atoms with Gasteiger partial charge in [0.1, 0.15) is 12.4 Å². The zero-order valence-electron chi connectivity index (χ0n) is 14.4. The van der Waals surface area contributed by atoms with Gasteiger partial charge in [-0.25, -0.2) is 14.5 Å². The Kier molecular flexibility index (Phi) is 4.40. The summed E-state index contributed by atoms with van der Waals surface area (Å²) in [4.78, 5) is 17.0. The molecule has 0 radical (unpaired) electrons. The first-order chi connectivity index (χ1) is 12.2. The zero-order valence-corrected chi connectivity index (χ0v) is 14.4. The van der Waals surface area contributed by atoms with E-state index in [4.69, 9.17) is 4.74 Å². The molecular formula is C18H23N5O2. The lowest BCUT2D eigenvalue weighted by atomic mass is 10.1. The van der Waals surface area contributed by atoms with E-state index in [1.807, 2.05) is 16.8 Å². The molecule has 2 atom stereocenters. The maximum atomic E-state index is 12.5. The second-order valence-electron chi connectivity index (χ2n) is 6.65. The minimum Gasteiger partial charge on any atom is -0.377 e. The Bertz CT molecular complexity index is 773. The monoisotopic (exact) mass is 341 g/mol. The van der Waals surface area contributed by atoms with Crippen LogP contribution in [-0.2, 0) is 24.3 Å². The quantitative estimate of drug-likeness (QED) is 0.894. The maximum absolute atomic E-state index is 12.5. The molecule has 7 nitrogen and oxygen atoms in total. The molecule has 2 aliphatic rings. The van der Waals surface area contributed by atoms with E-state index in [2.05, 4.69) is 32.8 Å². The number of fused-ring (bicyclic) bond motifs is 2. The molecule has 2 amide bonds. The summed E-state index contributed by atoms with van der Waals surface area (Å²) < 4.78 is 6.99. The molecule has 4 rings (SSSR count). The molecular weight excluding hydrogens is 318 g/mol. The Labute approximate surface area is 146 Å². The van der Waals surface area contributed by atoms with Gasteiger partial charge in [-0.2, -0.15) is 5.10 Å². The predicted octanol–water partition coefficient (Wildman–Crippen LogP) is 2.25. The van der Waals surface area contributed by atoms with E-state index in [1.54, 1.807) is 7.11 Å². The van der Waals surface area contributed by atoms with Gasteiger partial charge in [0, 0.05) is 13.7 Å². The lowest BCUT2D eigenvalue weighted by Gasteiger charge is -2.24. The second kappa shape index (κ2) is 6.84. The molecule has 1 aromatic heterocycles. The normalized spacial score (nSPS) is 21.5. The fourth-order valence-corrected chi connectivity index (χ4v) is 3.79. The van der Waals surface area contributed by atoms with Crippen LogP contribution in [0.3, 0.4) is 0 Å². The number of benzene rings is 1. The van der Waals surface area contributed by atoms with E-state index in [0.29, 0.717) is 12.4 Å². The number of aryl methyl sites for hydroxylation is 2. The number of hydrogen-bond donors (Lipinski definition) is 2. The fraction of sp³-hybridized carbons (Fsp3) is 0.500. The van der Waals surface area contributed by atoms with Gasteiger partial charge in [-0.3, -0.25) is 0 Å². The highest BCUT2D eigenvalue weighted by molar-refractivity contribution is 5.75. The molecule has 1 aliphatic carbocycles. The molecule has 0 unspecified atom stereocenters. The number of methoxy groups -OCH3 is 1. The van der Waals surface area contributed by atoms with E-state index in [1.165, 1.54) is 11.1 Å². The van der Waals surface area contributed by atoms with Crippen molar-refractivity contribution in [3.63, 3.8) is 0 Å². The Balaban J connectivity index is 1.42. The lowest BCUT2D eigenvalue weighted by molar-refractivity contribution is 0.177. The fourth-order valence-electron chi connectivity index (χ4n) is 3.79. The topological polar surface area (TPSA) is 81.1 Å². The smallest absolute Gasteiger partial charge is 0.315 e. The van der Waals surface area contributed by atoms with Gasteiger partial charge in [0.2, 0.25) is 0 Å². The number of aromatic nitrogens is 3. The number of nitrogens with zero attached hydrogens (tertiary/aromatic N) is 3. The molecule has 2 aromatic rings. The van der Waals surface area contributed by atoms with Crippen LogP contribution in [-0.4, -0.2) is 27.9 Å². The van der Waals surface area contributed by atoms with Crippen molar-refractivity contribution in [3.8, 4) is 0 Å². The van der Waals surface area contributed by atoms with Crippen LogP contribution in [0, 0.1) is 0 Å². The van der Waals surface area contributed by atoms with Gasteiger partial charge < -0.3 is 15.4 Å². The van der Waals surface area contributed by atoms with Gasteiger partial charge >= 0.3 is 6.03 Å². The van der Waals surface area contributed by atoms with Crippen molar-refractivity contribution in [2.24, 2.45) is 0 Å².